The summed E-state index contributed by atoms with van der Waals surface area (Å²) in [4.78, 5) is 12.1. The molecule has 1 heterocycles. The summed E-state index contributed by atoms with van der Waals surface area (Å²) in [5.41, 5.74) is 0.980. The molecule has 0 saturated carbocycles. The molecule has 21 heavy (non-hydrogen) atoms. The van der Waals surface area contributed by atoms with E-state index in [2.05, 4.69) is 15.4 Å². The zero-order valence-corrected chi connectivity index (χ0v) is 13.0. The minimum Gasteiger partial charge on any atom is -0.354 e. The Hall–Kier alpha value is -1.44. The molecule has 1 aliphatic heterocycles. The molecular formula is C14H21N3O3S. The maximum absolute atomic E-state index is 12.2. The van der Waals surface area contributed by atoms with Crippen molar-refractivity contribution in [3.05, 3.63) is 29.8 Å². The van der Waals surface area contributed by atoms with Crippen molar-refractivity contribution in [2.75, 3.05) is 19.6 Å². The first-order chi connectivity index (χ1) is 9.88. The summed E-state index contributed by atoms with van der Waals surface area (Å²) in [6.45, 7) is 5.78. The van der Waals surface area contributed by atoms with E-state index in [4.69, 9.17) is 0 Å². The van der Waals surface area contributed by atoms with Crippen LogP contribution < -0.4 is 15.4 Å². The fourth-order valence-electron chi connectivity index (χ4n) is 1.96. The lowest BCUT2D eigenvalue weighted by Crippen LogP contribution is -2.51. The zero-order valence-electron chi connectivity index (χ0n) is 12.2. The van der Waals surface area contributed by atoms with Gasteiger partial charge in [0.2, 0.25) is 15.9 Å². The van der Waals surface area contributed by atoms with E-state index in [-0.39, 0.29) is 10.8 Å². The van der Waals surface area contributed by atoms with Crippen LogP contribution in [0.25, 0.3) is 0 Å². The average molecular weight is 311 g/mol. The highest BCUT2D eigenvalue weighted by Gasteiger charge is 2.23. The van der Waals surface area contributed by atoms with Crippen LogP contribution in [0.15, 0.2) is 29.2 Å². The summed E-state index contributed by atoms with van der Waals surface area (Å²) >= 11 is 0. The lowest BCUT2D eigenvalue weighted by molar-refractivity contribution is -0.122. The molecule has 1 aromatic carbocycles. The van der Waals surface area contributed by atoms with E-state index in [0.717, 1.165) is 18.7 Å². The number of carbonyl (C=O) groups is 1. The van der Waals surface area contributed by atoms with Gasteiger partial charge in [-0.05, 0) is 26.0 Å². The van der Waals surface area contributed by atoms with Crippen LogP contribution in [-0.4, -0.2) is 40.0 Å². The minimum atomic E-state index is -3.67. The molecule has 1 fully saturated rings. The van der Waals surface area contributed by atoms with Crippen molar-refractivity contribution in [2.45, 2.75) is 24.8 Å². The Balaban J connectivity index is 1.91. The molecule has 2 rings (SSSR count). The molecule has 0 spiro atoms. The molecule has 0 bridgehead atoms. The molecule has 3 N–H and O–H groups in total. The van der Waals surface area contributed by atoms with Crippen molar-refractivity contribution in [1.29, 1.82) is 0 Å². The van der Waals surface area contributed by atoms with Gasteiger partial charge in [-0.3, -0.25) is 4.79 Å². The largest absolute Gasteiger partial charge is 0.354 e. The van der Waals surface area contributed by atoms with Crippen molar-refractivity contribution in [3.63, 3.8) is 0 Å². The van der Waals surface area contributed by atoms with E-state index < -0.39 is 16.1 Å². The van der Waals surface area contributed by atoms with E-state index in [1.807, 2.05) is 6.92 Å². The normalized spacial score (nSPS) is 17.0. The SMILES string of the molecule is Cc1ccc(S(=O)(=O)NC(C)C(=O)NCC2CNC2)cc1. The molecule has 1 amide bonds. The molecule has 1 atom stereocenters. The lowest BCUT2D eigenvalue weighted by Gasteiger charge is -2.27. The van der Waals surface area contributed by atoms with Crippen LogP contribution in [0.1, 0.15) is 12.5 Å². The van der Waals surface area contributed by atoms with Crippen LogP contribution in [0.3, 0.4) is 0 Å². The molecule has 1 aromatic rings. The van der Waals surface area contributed by atoms with Gasteiger partial charge < -0.3 is 10.6 Å². The Morgan fingerprint density at radius 2 is 1.95 bits per heavy atom. The number of benzene rings is 1. The van der Waals surface area contributed by atoms with Gasteiger partial charge in [0.05, 0.1) is 10.9 Å². The number of amides is 1. The zero-order chi connectivity index (χ0) is 15.5. The third-order valence-electron chi connectivity index (χ3n) is 3.49. The Kier molecular flexibility index (Phi) is 4.97. The van der Waals surface area contributed by atoms with Crippen LogP contribution in [0.2, 0.25) is 0 Å². The molecule has 1 unspecified atom stereocenters. The second kappa shape index (κ2) is 6.55. The Morgan fingerprint density at radius 1 is 1.33 bits per heavy atom. The van der Waals surface area contributed by atoms with Crippen LogP contribution in [0, 0.1) is 12.8 Å². The second-order valence-electron chi connectivity index (χ2n) is 5.43. The summed E-state index contributed by atoms with van der Waals surface area (Å²) in [6, 6.07) is 5.71. The highest BCUT2D eigenvalue weighted by atomic mass is 32.2. The predicted molar refractivity (Wildman–Crippen MR) is 80.3 cm³/mol. The number of nitrogens with one attached hydrogen (secondary N) is 3. The van der Waals surface area contributed by atoms with Crippen LogP contribution >= 0.6 is 0 Å². The van der Waals surface area contributed by atoms with Gasteiger partial charge >= 0.3 is 0 Å². The summed E-state index contributed by atoms with van der Waals surface area (Å²) in [6.07, 6.45) is 0. The highest BCUT2D eigenvalue weighted by Crippen LogP contribution is 2.10. The minimum absolute atomic E-state index is 0.163. The van der Waals surface area contributed by atoms with Gasteiger partial charge in [0.25, 0.3) is 0 Å². The maximum atomic E-state index is 12.2. The smallest absolute Gasteiger partial charge is 0.241 e. The van der Waals surface area contributed by atoms with Crippen molar-refractivity contribution in [2.24, 2.45) is 5.92 Å². The molecule has 7 heteroatoms. The Labute approximate surface area is 125 Å². The standard InChI is InChI=1S/C14H21N3O3S/c1-10-3-5-13(6-4-10)21(19,20)17-11(2)14(18)16-9-12-7-15-8-12/h3-6,11-12,15,17H,7-9H2,1-2H3,(H,16,18). The molecular weight excluding hydrogens is 290 g/mol. The molecule has 6 nitrogen and oxygen atoms in total. The van der Waals surface area contributed by atoms with E-state index >= 15 is 0 Å². The van der Waals surface area contributed by atoms with Gasteiger partial charge in [-0.2, -0.15) is 4.72 Å². The number of sulfonamides is 1. The first-order valence-electron chi connectivity index (χ1n) is 6.96. The topological polar surface area (TPSA) is 87.3 Å². The van der Waals surface area contributed by atoms with E-state index in [1.165, 1.54) is 12.1 Å². The van der Waals surface area contributed by atoms with Crippen LogP contribution in [0.5, 0.6) is 0 Å². The highest BCUT2D eigenvalue weighted by molar-refractivity contribution is 7.89. The Bertz CT molecular complexity index is 594. The fourth-order valence-corrected chi connectivity index (χ4v) is 3.17. The quantitative estimate of drug-likeness (QED) is 0.690. The molecule has 116 valence electrons. The van der Waals surface area contributed by atoms with Gasteiger partial charge in [0.1, 0.15) is 0 Å². The van der Waals surface area contributed by atoms with E-state index in [9.17, 15) is 13.2 Å². The maximum Gasteiger partial charge on any atom is 0.241 e. The summed E-state index contributed by atoms with van der Waals surface area (Å²) in [5, 5.41) is 5.88. The average Bonchev–Trinajstić information content (AvgIpc) is 2.36. The number of aryl methyl sites for hydroxylation is 1. The van der Waals surface area contributed by atoms with Gasteiger partial charge in [-0.15, -0.1) is 0 Å². The van der Waals surface area contributed by atoms with Crippen molar-refractivity contribution >= 4 is 15.9 Å². The van der Waals surface area contributed by atoms with Gasteiger partial charge in [0.15, 0.2) is 0 Å². The molecule has 0 aromatic heterocycles. The van der Waals surface area contributed by atoms with Gasteiger partial charge in [-0.1, -0.05) is 17.7 Å². The number of rotatable bonds is 6. The monoisotopic (exact) mass is 311 g/mol. The number of hydrogen-bond donors (Lipinski definition) is 3. The molecule has 1 saturated heterocycles. The van der Waals surface area contributed by atoms with Crippen molar-refractivity contribution in [1.82, 2.24) is 15.4 Å². The molecule has 1 aliphatic rings. The summed E-state index contributed by atoms with van der Waals surface area (Å²) in [7, 11) is -3.67. The van der Waals surface area contributed by atoms with Crippen molar-refractivity contribution < 1.29 is 13.2 Å². The third kappa shape index (κ3) is 4.26. The van der Waals surface area contributed by atoms with Crippen LogP contribution in [-0.2, 0) is 14.8 Å². The van der Waals surface area contributed by atoms with Gasteiger partial charge in [0, 0.05) is 25.6 Å². The lowest BCUT2D eigenvalue weighted by atomic mass is 10.0. The second-order valence-corrected chi connectivity index (χ2v) is 7.14. The molecule has 0 aliphatic carbocycles. The van der Waals surface area contributed by atoms with E-state index in [0.29, 0.717) is 12.5 Å². The van der Waals surface area contributed by atoms with E-state index in [1.54, 1.807) is 19.1 Å². The first kappa shape index (κ1) is 15.9. The number of hydrogen-bond acceptors (Lipinski definition) is 4. The predicted octanol–water partition coefficient (Wildman–Crippen LogP) is -0.00258. The van der Waals surface area contributed by atoms with Crippen LogP contribution in [0.4, 0.5) is 0 Å². The third-order valence-corrected chi connectivity index (χ3v) is 5.04. The number of carbonyl (C=O) groups excluding carboxylic acids is 1. The van der Waals surface area contributed by atoms with Crippen molar-refractivity contribution in [3.8, 4) is 0 Å². The first-order valence-corrected chi connectivity index (χ1v) is 8.44. The van der Waals surface area contributed by atoms with Gasteiger partial charge in [-0.25, -0.2) is 8.42 Å². The Morgan fingerprint density at radius 3 is 2.48 bits per heavy atom. The summed E-state index contributed by atoms with van der Waals surface area (Å²) in [5.74, 6) is 0.132. The molecule has 0 radical (unpaired) electrons. The summed E-state index contributed by atoms with van der Waals surface area (Å²) < 4.78 is 26.7. The fraction of sp³-hybridized carbons (Fsp3) is 0.500.